The Labute approximate surface area is 111 Å². The minimum atomic E-state index is 0.622. The Morgan fingerprint density at radius 3 is 2.95 bits per heavy atom. The van der Waals surface area contributed by atoms with Crippen molar-refractivity contribution in [1.82, 2.24) is 9.97 Å². The van der Waals surface area contributed by atoms with Gasteiger partial charge in [-0.25, -0.2) is 9.97 Å². The van der Waals surface area contributed by atoms with Crippen molar-refractivity contribution in [1.29, 1.82) is 0 Å². The van der Waals surface area contributed by atoms with E-state index in [0.717, 1.165) is 29.0 Å². The first-order valence-electron chi connectivity index (χ1n) is 6.34. The van der Waals surface area contributed by atoms with Crippen molar-refractivity contribution in [3.8, 4) is 11.5 Å². The average Bonchev–Trinajstić information content (AvgIpc) is 2.82. The van der Waals surface area contributed by atoms with Crippen LogP contribution < -0.4 is 5.32 Å². The lowest BCUT2D eigenvalue weighted by atomic mass is 10.2. The minimum absolute atomic E-state index is 0.622. The van der Waals surface area contributed by atoms with E-state index in [1.165, 1.54) is 5.56 Å². The number of benzene rings is 1. The number of nitrogens with one attached hydrogen (secondary N) is 1. The van der Waals surface area contributed by atoms with E-state index in [4.69, 9.17) is 4.42 Å². The molecule has 0 bridgehead atoms. The summed E-state index contributed by atoms with van der Waals surface area (Å²) in [5, 5.41) is 4.19. The summed E-state index contributed by atoms with van der Waals surface area (Å²) >= 11 is 0. The maximum absolute atomic E-state index is 5.82. The van der Waals surface area contributed by atoms with Gasteiger partial charge in [-0.1, -0.05) is 11.6 Å². The molecule has 2 heterocycles. The molecule has 96 valence electrons. The number of hydrogen-bond donors (Lipinski definition) is 1. The molecule has 1 aromatic carbocycles. The van der Waals surface area contributed by atoms with Crippen LogP contribution in [0.5, 0.6) is 0 Å². The number of hydrogen-bond acceptors (Lipinski definition) is 4. The molecule has 0 aliphatic rings. The SMILES string of the molecule is CCNc1nccc(-c2cc3cc(C)ccc3o2)n1. The lowest BCUT2D eigenvalue weighted by Gasteiger charge is -2.01. The molecule has 0 saturated carbocycles. The third-order valence-electron chi connectivity index (χ3n) is 2.91. The van der Waals surface area contributed by atoms with Gasteiger partial charge < -0.3 is 9.73 Å². The topological polar surface area (TPSA) is 51.0 Å². The van der Waals surface area contributed by atoms with Crippen molar-refractivity contribution in [2.45, 2.75) is 13.8 Å². The summed E-state index contributed by atoms with van der Waals surface area (Å²) in [6.45, 7) is 4.88. The van der Waals surface area contributed by atoms with Gasteiger partial charge in [-0.3, -0.25) is 0 Å². The molecule has 4 nitrogen and oxygen atoms in total. The van der Waals surface area contributed by atoms with E-state index < -0.39 is 0 Å². The lowest BCUT2D eigenvalue weighted by molar-refractivity contribution is 0.628. The van der Waals surface area contributed by atoms with Gasteiger partial charge in [0.25, 0.3) is 0 Å². The van der Waals surface area contributed by atoms with Crippen LogP contribution in [-0.4, -0.2) is 16.5 Å². The van der Waals surface area contributed by atoms with Gasteiger partial charge in [-0.2, -0.15) is 0 Å². The number of nitrogens with zero attached hydrogens (tertiary/aromatic N) is 2. The summed E-state index contributed by atoms with van der Waals surface area (Å²) in [6.07, 6.45) is 1.73. The summed E-state index contributed by atoms with van der Waals surface area (Å²) < 4.78 is 5.82. The zero-order valence-electron chi connectivity index (χ0n) is 11.0. The van der Waals surface area contributed by atoms with Crippen LogP contribution in [0.15, 0.2) is 40.9 Å². The van der Waals surface area contributed by atoms with E-state index >= 15 is 0 Å². The van der Waals surface area contributed by atoms with Crippen molar-refractivity contribution in [3.63, 3.8) is 0 Å². The van der Waals surface area contributed by atoms with Gasteiger partial charge in [0, 0.05) is 18.1 Å². The molecule has 0 saturated heterocycles. The fraction of sp³-hybridized carbons (Fsp3) is 0.200. The van der Waals surface area contributed by atoms with Gasteiger partial charge in [-0.05, 0) is 38.1 Å². The largest absolute Gasteiger partial charge is 0.454 e. The van der Waals surface area contributed by atoms with Gasteiger partial charge >= 0.3 is 0 Å². The van der Waals surface area contributed by atoms with Crippen LogP contribution in [0.4, 0.5) is 5.95 Å². The maximum Gasteiger partial charge on any atom is 0.223 e. The quantitative estimate of drug-likeness (QED) is 0.774. The zero-order valence-corrected chi connectivity index (χ0v) is 11.0. The van der Waals surface area contributed by atoms with Gasteiger partial charge in [0.05, 0.1) is 0 Å². The van der Waals surface area contributed by atoms with Crippen molar-refractivity contribution >= 4 is 16.9 Å². The summed E-state index contributed by atoms with van der Waals surface area (Å²) in [6, 6.07) is 10.0. The number of fused-ring (bicyclic) bond motifs is 1. The zero-order chi connectivity index (χ0) is 13.2. The van der Waals surface area contributed by atoms with E-state index in [-0.39, 0.29) is 0 Å². The maximum atomic E-state index is 5.82. The molecule has 0 unspecified atom stereocenters. The Bertz CT molecular complexity index is 718. The van der Waals surface area contributed by atoms with Crippen LogP contribution in [0, 0.1) is 6.92 Å². The highest BCUT2D eigenvalue weighted by Crippen LogP contribution is 2.27. The molecule has 4 heteroatoms. The predicted molar refractivity (Wildman–Crippen MR) is 76.1 cm³/mol. The highest BCUT2D eigenvalue weighted by molar-refractivity contribution is 5.82. The molecular formula is C15H15N3O. The smallest absolute Gasteiger partial charge is 0.223 e. The monoisotopic (exact) mass is 253 g/mol. The second-order valence-corrected chi connectivity index (χ2v) is 4.45. The van der Waals surface area contributed by atoms with Crippen LogP contribution in [0.3, 0.4) is 0 Å². The van der Waals surface area contributed by atoms with Gasteiger partial charge in [0.15, 0.2) is 5.76 Å². The number of aryl methyl sites for hydroxylation is 1. The van der Waals surface area contributed by atoms with Crippen LogP contribution in [0.1, 0.15) is 12.5 Å². The Kier molecular flexibility index (Phi) is 2.91. The summed E-state index contributed by atoms with van der Waals surface area (Å²) in [5.74, 6) is 1.39. The third kappa shape index (κ3) is 2.29. The van der Waals surface area contributed by atoms with Crippen LogP contribution in [0.25, 0.3) is 22.4 Å². The van der Waals surface area contributed by atoms with E-state index in [9.17, 15) is 0 Å². The Morgan fingerprint density at radius 2 is 2.11 bits per heavy atom. The number of aromatic nitrogens is 2. The third-order valence-corrected chi connectivity index (χ3v) is 2.91. The molecule has 0 radical (unpaired) electrons. The molecule has 0 spiro atoms. The van der Waals surface area contributed by atoms with E-state index in [2.05, 4.69) is 28.3 Å². The van der Waals surface area contributed by atoms with Gasteiger partial charge in [0.1, 0.15) is 11.3 Å². The fourth-order valence-corrected chi connectivity index (χ4v) is 2.03. The fourth-order valence-electron chi connectivity index (χ4n) is 2.03. The number of rotatable bonds is 3. The second-order valence-electron chi connectivity index (χ2n) is 4.45. The molecule has 0 aliphatic carbocycles. The van der Waals surface area contributed by atoms with E-state index in [1.807, 2.05) is 31.2 Å². The molecule has 1 N–H and O–H groups in total. The first kappa shape index (κ1) is 11.7. The standard InChI is InChI=1S/C15H15N3O/c1-3-16-15-17-7-6-12(18-15)14-9-11-8-10(2)4-5-13(11)19-14/h4-9H,3H2,1-2H3,(H,16,17,18). The van der Waals surface area contributed by atoms with Crippen LogP contribution in [-0.2, 0) is 0 Å². The van der Waals surface area contributed by atoms with Crippen molar-refractivity contribution in [2.24, 2.45) is 0 Å². The molecule has 0 amide bonds. The highest BCUT2D eigenvalue weighted by Gasteiger charge is 2.08. The predicted octanol–water partition coefficient (Wildman–Crippen LogP) is 3.63. The number of furan rings is 1. The second kappa shape index (κ2) is 4.72. The normalized spacial score (nSPS) is 10.8. The molecule has 0 aliphatic heterocycles. The average molecular weight is 253 g/mol. The van der Waals surface area contributed by atoms with Gasteiger partial charge in [-0.15, -0.1) is 0 Å². The minimum Gasteiger partial charge on any atom is -0.454 e. The summed E-state index contributed by atoms with van der Waals surface area (Å²) in [7, 11) is 0. The molecule has 0 fully saturated rings. The van der Waals surface area contributed by atoms with Crippen LogP contribution in [0.2, 0.25) is 0 Å². The lowest BCUT2D eigenvalue weighted by Crippen LogP contribution is -2.01. The van der Waals surface area contributed by atoms with Crippen molar-refractivity contribution in [3.05, 3.63) is 42.1 Å². The van der Waals surface area contributed by atoms with Crippen molar-refractivity contribution in [2.75, 3.05) is 11.9 Å². The molecule has 2 aromatic heterocycles. The van der Waals surface area contributed by atoms with Gasteiger partial charge in [0.2, 0.25) is 5.95 Å². The first-order chi connectivity index (χ1) is 9.26. The summed E-state index contributed by atoms with van der Waals surface area (Å²) in [5.41, 5.74) is 2.89. The molecule has 3 rings (SSSR count). The van der Waals surface area contributed by atoms with E-state index in [1.54, 1.807) is 6.20 Å². The number of anilines is 1. The Morgan fingerprint density at radius 1 is 1.21 bits per heavy atom. The first-order valence-corrected chi connectivity index (χ1v) is 6.34. The Balaban J connectivity index is 2.05. The highest BCUT2D eigenvalue weighted by atomic mass is 16.3. The molecule has 0 atom stereocenters. The van der Waals surface area contributed by atoms with Crippen molar-refractivity contribution < 1.29 is 4.42 Å². The molecular weight excluding hydrogens is 238 g/mol. The Hall–Kier alpha value is -2.36. The summed E-state index contributed by atoms with van der Waals surface area (Å²) in [4.78, 5) is 8.59. The molecule has 3 aromatic rings. The van der Waals surface area contributed by atoms with E-state index in [0.29, 0.717) is 5.95 Å². The molecule has 19 heavy (non-hydrogen) atoms. The van der Waals surface area contributed by atoms with Crippen LogP contribution >= 0.6 is 0 Å².